The van der Waals surface area contributed by atoms with Crippen molar-refractivity contribution < 1.29 is 43.6 Å². The third kappa shape index (κ3) is 5.85. The summed E-state index contributed by atoms with van der Waals surface area (Å²) < 4.78 is 23.8. The van der Waals surface area contributed by atoms with Gasteiger partial charge in [-0.3, -0.25) is 18.7 Å². The highest BCUT2D eigenvalue weighted by Crippen LogP contribution is 2.42. The van der Waals surface area contributed by atoms with E-state index in [0.29, 0.717) is 5.56 Å². The van der Waals surface area contributed by atoms with Crippen molar-refractivity contribution in [2.24, 2.45) is 0 Å². The lowest BCUT2D eigenvalue weighted by atomic mass is 10.1. The lowest BCUT2D eigenvalue weighted by Crippen LogP contribution is -2.40. The van der Waals surface area contributed by atoms with Gasteiger partial charge in [-0.25, -0.2) is 4.98 Å². The summed E-state index contributed by atoms with van der Waals surface area (Å²) in [6.45, 7) is 1.03. The standard InChI is InChI=1S/C21H24ClN6O9P/c1-2-23-18(32)20(38(33,34)35)36-8-11-13(29)14(30)19(37-11)28-9-24-12-15(26-21(22)27-16(12)28)25-17(31)10-6-4-3-5-7-10/h3-7,9,11,13-14,19-20,29-30H,2,8H2,1H3,(H,23,32)(H2,33,34,35)(H,25,26,27,31)/t11-,13-,14-,19-,20-/m1/s1. The highest BCUT2D eigenvalue weighted by Gasteiger charge is 2.46. The molecule has 15 nitrogen and oxygen atoms in total. The van der Waals surface area contributed by atoms with Crippen molar-refractivity contribution in [3.63, 3.8) is 0 Å². The third-order valence-corrected chi connectivity index (χ3v) is 6.74. The van der Waals surface area contributed by atoms with E-state index in [1.165, 1.54) is 10.9 Å². The number of likely N-dealkylation sites (N-methyl/N-ethyl adjacent to an activating group) is 1. The number of carbonyl (C=O) groups excluding carboxylic acids is 2. The fourth-order valence-electron chi connectivity index (χ4n) is 3.80. The number of carbonyl (C=O) groups is 2. The van der Waals surface area contributed by atoms with Crippen LogP contribution in [0.3, 0.4) is 0 Å². The zero-order chi connectivity index (χ0) is 27.6. The van der Waals surface area contributed by atoms with Gasteiger partial charge in [-0.05, 0) is 30.7 Å². The van der Waals surface area contributed by atoms with Crippen molar-refractivity contribution in [1.82, 2.24) is 24.8 Å². The first-order valence-corrected chi connectivity index (χ1v) is 13.3. The number of amides is 2. The van der Waals surface area contributed by atoms with Crippen LogP contribution in [0.2, 0.25) is 5.28 Å². The Morgan fingerprint density at radius 1 is 1.21 bits per heavy atom. The molecule has 0 radical (unpaired) electrons. The summed E-state index contributed by atoms with van der Waals surface area (Å²) in [5.74, 6) is -3.66. The van der Waals surface area contributed by atoms with Gasteiger partial charge in [0.05, 0.1) is 12.9 Å². The van der Waals surface area contributed by atoms with Crippen LogP contribution in [0, 0.1) is 0 Å². The SMILES string of the molecule is CCNC(=O)[C@H](OC[C@H]1O[C@@H](n2cnc3c(NC(=O)c4ccccc4)nc(Cl)nc32)[C@H](O)[C@@H]1O)P(=O)(O)O. The number of aromatic nitrogens is 4. The number of nitrogens with one attached hydrogen (secondary N) is 2. The Morgan fingerprint density at radius 3 is 2.58 bits per heavy atom. The highest BCUT2D eigenvalue weighted by atomic mass is 35.5. The van der Waals surface area contributed by atoms with E-state index >= 15 is 0 Å². The van der Waals surface area contributed by atoms with Crippen LogP contribution >= 0.6 is 19.2 Å². The van der Waals surface area contributed by atoms with Crippen LogP contribution in [0.4, 0.5) is 5.82 Å². The van der Waals surface area contributed by atoms with Crippen molar-refractivity contribution in [3.8, 4) is 0 Å². The number of anilines is 1. The lowest BCUT2D eigenvalue weighted by molar-refractivity contribution is -0.132. The molecule has 3 heterocycles. The van der Waals surface area contributed by atoms with Crippen molar-refractivity contribution in [3.05, 3.63) is 47.5 Å². The maximum absolute atomic E-state index is 12.6. The number of ether oxygens (including phenoxy) is 2. The molecule has 0 saturated carbocycles. The Balaban J connectivity index is 1.55. The van der Waals surface area contributed by atoms with E-state index in [-0.39, 0.29) is 28.8 Å². The van der Waals surface area contributed by atoms with Gasteiger partial charge in [0.15, 0.2) is 23.2 Å². The van der Waals surface area contributed by atoms with Crippen molar-refractivity contribution >= 4 is 48.0 Å². The van der Waals surface area contributed by atoms with E-state index in [2.05, 4.69) is 25.6 Å². The molecule has 1 fully saturated rings. The fourth-order valence-corrected chi connectivity index (χ4v) is 4.64. The molecular weight excluding hydrogens is 547 g/mol. The van der Waals surface area contributed by atoms with Gasteiger partial charge in [-0.2, -0.15) is 9.97 Å². The molecule has 0 bridgehead atoms. The smallest absolute Gasteiger partial charge is 0.363 e. The minimum Gasteiger partial charge on any atom is -0.387 e. The Kier molecular flexibility index (Phi) is 8.40. The number of benzene rings is 1. The molecule has 17 heteroatoms. The number of hydrogen-bond acceptors (Lipinski definition) is 10. The number of aliphatic hydroxyl groups is 2. The number of imidazole rings is 1. The molecule has 0 spiro atoms. The molecular formula is C21H24ClN6O9P. The topological polar surface area (TPSA) is 218 Å². The van der Waals surface area contributed by atoms with E-state index in [1.54, 1.807) is 37.3 Å². The summed E-state index contributed by atoms with van der Waals surface area (Å²) in [7, 11) is -5.01. The van der Waals surface area contributed by atoms with E-state index < -0.39 is 56.4 Å². The molecule has 5 atom stereocenters. The molecule has 6 N–H and O–H groups in total. The largest absolute Gasteiger partial charge is 0.387 e. The summed E-state index contributed by atoms with van der Waals surface area (Å²) in [6, 6.07) is 8.33. The predicted octanol–water partition coefficient (Wildman–Crippen LogP) is 0.00770. The Morgan fingerprint density at radius 2 is 1.92 bits per heavy atom. The summed E-state index contributed by atoms with van der Waals surface area (Å²) in [5.41, 5.74) is 0.527. The molecule has 0 unspecified atom stereocenters. The van der Waals surface area contributed by atoms with Crippen LogP contribution in [0.1, 0.15) is 23.5 Å². The van der Waals surface area contributed by atoms with Crippen molar-refractivity contribution in [2.45, 2.75) is 37.3 Å². The predicted molar refractivity (Wildman–Crippen MR) is 131 cm³/mol. The van der Waals surface area contributed by atoms with Crippen molar-refractivity contribution in [2.75, 3.05) is 18.5 Å². The lowest BCUT2D eigenvalue weighted by Gasteiger charge is -2.21. The van der Waals surface area contributed by atoms with E-state index in [9.17, 15) is 34.2 Å². The Bertz CT molecular complexity index is 1370. The number of fused-ring (bicyclic) bond motifs is 1. The first-order valence-electron chi connectivity index (χ1n) is 11.2. The average Bonchev–Trinajstić information content (AvgIpc) is 3.40. The monoisotopic (exact) mass is 570 g/mol. The zero-order valence-electron chi connectivity index (χ0n) is 19.7. The second kappa shape index (κ2) is 11.4. The van der Waals surface area contributed by atoms with E-state index in [0.717, 1.165) is 0 Å². The fraction of sp³-hybridized carbons (Fsp3) is 0.381. The van der Waals surface area contributed by atoms with Crippen LogP contribution in [0.15, 0.2) is 36.7 Å². The number of rotatable bonds is 9. The first kappa shape index (κ1) is 28.0. The van der Waals surface area contributed by atoms with Crippen molar-refractivity contribution in [1.29, 1.82) is 0 Å². The normalized spacial score (nSPS) is 22.4. The van der Waals surface area contributed by atoms with Gasteiger partial charge >= 0.3 is 7.60 Å². The zero-order valence-corrected chi connectivity index (χ0v) is 21.4. The maximum Gasteiger partial charge on any atom is 0.363 e. The quantitative estimate of drug-likeness (QED) is 0.148. The minimum absolute atomic E-state index is 0.00746. The van der Waals surface area contributed by atoms with Crippen LogP contribution in [0.25, 0.3) is 11.2 Å². The summed E-state index contributed by atoms with van der Waals surface area (Å²) in [4.78, 5) is 55.9. The van der Waals surface area contributed by atoms with Gasteiger partial charge in [0.2, 0.25) is 11.1 Å². The maximum atomic E-state index is 12.6. The van der Waals surface area contributed by atoms with Gasteiger partial charge in [-0.1, -0.05) is 18.2 Å². The number of hydrogen-bond donors (Lipinski definition) is 6. The summed E-state index contributed by atoms with van der Waals surface area (Å²) >= 11 is 6.07. The van der Waals surface area contributed by atoms with E-state index in [4.69, 9.17) is 21.1 Å². The number of aliphatic hydroxyl groups excluding tert-OH is 2. The Hall–Kier alpha value is -3.01. The van der Waals surface area contributed by atoms with Crippen LogP contribution in [-0.4, -0.2) is 88.6 Å². The molecule has 3 aromatic rings. The number of halogens is 1. The molecule has 4 rings (SSSR count). The molecule has 1 aliphatic rings. The number of nitrogens with zero attached hydrogens (tertiary/aromatic N) is 4. The van der Waals surface area contributed by atoms with Gasteiger partial charge in [0.25, 0.3) is 11.8 Å². The van der Waals surface area contributed by atoms with Gasteiger partial charge in [0, 0.05) is 12.1 Å². The molecule has 38 heavy (non-hydrogen) atoms. The molecule has 1 aliphatic heterocycles. The van der Waals surface area contributed by atoms with Crippen LogP contribution in [0.5, 0.6) is 0 Å². The second-order valence-corrected chi connectivity index (χ2v) is 10.2. The third-order valence-electron chi connectivity index (χ3n) is 5.57. The molecule has 204 valence electrons. The summed E-state index contributed by atoms with van der Waals surface area (Å²) in [5, 5.41) is 25.8. The summed E-state index contributed by atoms with van der Waals surface area (Å²) in [6.07, 6.45) is -4.48. The van der Waals surface area contributed by atoms with Gasteiger partial charge in [-0.15, -0.1) is 0 Å². The van der Waals surface area contributed by atoms with Crippen LogP contribution < -0.4 is 10.6 Å². The first-order chi connectivity index (χ1) is 18.0. The second-order valence-electron chi connectivity index (χ2n) is 8.20. The molecule has 2 aromatic heterocycles. The molecule has 1 saturated heterocycles. The average molecular weight is 571 g/mol. The van der Waals surface area contributed by atoms with Crippen LogP contribution in [-0.2, 0) is 18.8 Å². The Labute approximate surface area is 219 Å². The van der Waals surface area contributed by atoms with E-state index in [1.807, 2.05) is 0 Å². The minimum atomic E-state index is -5.01. The molecule has 0 aliphatic carbocycles. The van der Waals surface area contributed by atoms with Gasteiger partial charge < -0.3 is 40.1 Å². The van der Waals surface area contributed by atoms with Gasteiger partial charge in [0.1, 0.15) is 18.3 Å². The highest BCUT2D eigenvalue weighted by molar-refractivity contribution is 7.53. The molecule has 2 amide bonds. The molecule has 1 aromatic carbocycles.